The molecule has 0 aliphatic rings. The standard InChI is InChI=1S/C19H18N4O3/c1-12-7-13(2)9-17(8-12)22-18(10-14(3)21-22)20-19(24)15-5-4-6-16(11-15)23(25)26/h4-11H,1-3H3,(H,20,24). The van der Waals surface area contributed by atoms with Gasteiger partial charge in [-0.3, -0.25) is 14.9 Å². The van der Waals surface area contributed by atoms with Crippen LogP contribution >= 0.6 is 0 Å². The third kappa shape index (κ3) is 3.61. The minimum absolute atomic E-state index is 0.128. The number of non-ortho nitro benzene ring substituents is 1. The molecule has 26 heavy (non-hydrogen) atoms. The number of amides is 1. The lowest BCUT2D eigenvalue weighted by molar-refractivity contribution is -0.384. The number of nitrogens with one attached hydrogen (secondary N) is 1. The lowest BCUT2D eigenvalue weighted by Crippen LogP contribution is -2.15. The van der Waals surface area contributed by atoms with E-state index in [-0.39, 0.29) is 11.3 Å². The number of anilines is 1. The number of hydrogen-bond donors (Lipinski definition) is 1. The van der Waals surface area contributed by atoms with Gasteiger partial charge in [-0.2, -0.15) is 5.10 Å². The molecule has 7 heteroatoms. The Balaban J connectivity index is 1.95. The fraction of sp³-hybridized carbons (Fsp3) is 0.158. The van der Waals surface area contributed by atoms with Gasteiger partial charge in [0, 0.05) is 23.8 Å². The Morgan fingerprint density at radius 2 is 1.77 bits per heavy atom. The van der Waals surface area contributed by atoms with Crippen molar-refractivity contribution in [2.75, 3.05) is 5.32 Å². The van der Waals surface area contributed by atoms with Crippen LogP contribution in [0.2, 0.25) is 0 Å². The van der Waals surface area contributed by atoms with E-state index in [9.17, 15) is 14.9 Å². The molecule has 3 rings (SSSR count). The van der Waals surface area contributed by atoms with Gasteiger partial charge in [0.2, 0.25) is 0 Å². The van der Waals surface area contributed by atoms with Gasteiger partial charge in [-0.15, -0.1) is 0 Å². The first kappa shape index (κ1) is 17.3. The van der Waals surface area contributed by atoms with Crippen molar-refractivity contribution in [2.45, 2.75) is 20.8 Å². The second-order valence-corrected chi connectivity index (χ2v) is 6.19. The summed E-state index contributed by atoms with van der Waals surface area (Å²) in [5.41, 5.74) is 3.85. The summed E-state index contributed by atoms with van der Waals surface area (Å²) in [6, 6.07) is 13.4. The molecule has 0 saturated carbocycles. The topological polar surface area (TPSA) is 90.1 Å². The second-order valence-electron chi connectivity index (χ2n) is 6.19. The molecule has 0 radical (unpaired) electrons. The molecule has 1 N–H and O–H groups in total. The Hall–Kier alpha value is -3.48. The number of carbonyl (C=O) groups excluding carboxylic acids is 1. The van der Waals surface area contributed by atoms with Crippen molar-refractivity contribution in [2.24, 2.45) is 0 Å². The Morgan fingerprint density at radius 3 is 2.42 bits per heavy atom. The van der Waals surface area contributed by atoms with E-state index in [0.717, 1.165) is 22.5 Å². The molecule has 0 saturated heterocycles. The second kappa shape index (κ2) is 6.79. The van der Waals surface area contributed by atoms with Crippen LogP contribution in [0.4, 0.5) is 11.5 Å². The van der Waals surface area contributed by atoms with Gasteiger partial charge in [-0.25, -0.2) is 4.68 Å². The molecule has 0 aliphatic carbocycles. The fourth-order valence-electron chi connectivity index (χ4n) is 2.81. The number of nitro benzene ring substituents is 1. The van der Waals surface area contributed by atoms with Gasteiger partial charge >= 0.3 is 0 Å². The Bertz CT molecular complexity index is 988. The molecule has 3 aromatic rings. The van der Waals surface area contributed by atoms with E-state index in [4.69, 9.17) is 0 Å². The first-order valence-electron chi connectivity index (χ1n) is 8.04. The molecule has 0 atom stereocenters. The maximum absolute atomic E-state index is 12.5. The smallest absolute Gasteiger partial charge is 0.270 e. The minimum atomic E-state index is -0.527. The van der Waals surface area contributed by atoms with Gasteiger partial charge in [0.25, 0.3) is 11.6 Å². The number of nitro groups is 1. The van der Waals surface area contributed by atoms with E-state index in [1.54, 1.807) is 10.7 Å². The van der Waals surface area contributed by atoms with E-state index in [0.29, 0.717) is 5.82 Å². The first-order chi connectivity index (χ1) is 12.3. The molecule has 1 heterocycles. The molecule has 7 nitrogen and oxygen atoms in total. The van der Waals surface area contributed by atoms with Crippen LogP contribution in [0, 0.1) is 30.9 Å². The highest BCUT2D eigenvalue weighted by Crippen LogP contribution is 2.21. The maximum Gasteiger partial charge on any atom is 0.270 e. The molecule has 0 bridgehead atoms. The third-order valence-corrected chi connectivity index (χ3v) is 3.84. The molecule has 0 fully saturated rings. The van der Waals surface area contributed by atoms with Gasteiger partial charge in [0.15, 0.2) is 0 Å². The number of hydrogen-bond acceptors (Lipinski definition) is 4. The van der Waals surface area contributed by atoms with Gasteiger partial charge in [0.1, 0.15) is 5.82 Å². The predicted molar refractivity (Wildman–Crippen MR) is 98.8 cm³/mol. The van der Waals surface area contributed by atoms with Gasteiger partial charge < -0.3 is 5.32 Å². The Kier molecular flexibility index (Phi) is 4.53. The number of rotatable bonds is 4. The Labute approximate surface area is 150 Å². The summed E-state index contributed by atoms with van der Waals surface area (Å²) in [7, 11) is 0. The van der Waals surface area contributed by atoms with Gasteiger partial charge in [0.05, 0.1) is 16.3 Å². The van der Waals surface area contributed by atoms with Crippen molar-refractivity contribution in [1.82, 2.24) is 9.78 Å². The number of nitrogens with zero attached hydrogens (tertiary/aromatic N) is 3. The fourth-order valence-corrected chi connectivity index (χ4v) is 2.81. The number of aromatic nitrogens is 2. The number of aryl methyl sites for hydroxylation is 3. The van der Waals surface area contributed by atoms with E-state index in [1.807, 2.05) is 32.9 Å². The monoisotopic (exact) mass is 350 g/mol. The molecule has 2 aromatic carbocycles. The molecule has 0 unspecified atom stereocenters. The lowest BCUT2D eigenvalue weighted by Gasteiger charge is -2.10. The average Bonchev–Trinajstić information content (AvgIpc) is 2.94. The molecule has 0 aliphatic heterocycles. The molecule has 1 amide bonds. The van der Waals surface area contributed by atoms with Crippen molar-refractivity contribution in [3.05, 3.63) is 81.0 Å². The SMILES string of the molecule is Cc1cc(C)cc(-n2nc(C)cc2NC(=O)c2cccc([N+](=O)[O-])c2)c1. The first-order valence-corrected chi connectivity index (χ1v) is 8.04. The largest absolute Gasteiger partial charge is 0.306 e. The van der Waals surface area contributed by atoms with Crippen LogP contribution in [-0.2, 0) is 0 Å². The minimum Gasteiger partial charge on any atom is -0.306 e. The highest BCUT2D eigenvalue weighted by molar-refractivity contribution is 6.04. The molecule has 132 valence electrons. The van der Waals surface area contributed by atoms with Crippen LogP contribution in [-0.4, -0.2) is 20.6 Å². The van der Waals surface area contributed by atoms with E-state index >= 15 is 0 Å². The molecular weight excluding hydrogens is 332 g/mol. The highest BCUT2D eigenvalue weighted by Gasteiger charge is 2.15. The van der Waals surface area contributed by atoms with Crippen molar-refractivity contribution >= 4 is 17.4 Å². The molecule has 1 aromatic heterocycles. The third-order valence-electron chi connectivity index (χ3n) is 3.84. The summed E-state index contributed by atoms with van der Waals surface area (Å²) in [6.07, 6.45) is 0. The molecular formula is C19H18N4O3. The molecule has 0 spiro atoms. The quantitative estimate of drug-likeness (QED) is 0.570. The van der Waals surface area contributed by atoms with Crippen molar-refractivity contribution in [3.63, 3.8) is 0 Å². The van der Waals surface area contributed by atoms with Crippen LogP contribution in [0.3, 0.4) is 0 Å². The summed E-state index contributed by atoms with van der Waals surface area (Å²) in [4.78, 5) is 22.9. The lowest BCUT2D eigenvalue weighted by atomic mass is 10.1. The summed E-state index contributed by atoms with van der Waals surface area (Å²) in [6.45, 7) is 5.82. The highest BCUT2D eigenvalue weighted by atomic mass is 16.6. The Morgan fingerprint density at radius 1 is 1.08 bits per heavy atom. The van der Waals surface area contributed by atoms with Crippen molar-refractivity contribution in [1.29, 1.82) is 0 Å². The zero-order chi connectivity index (χ0) is 18.8. The normalized spacial score (nSPS) is 10.6. The van der Waals surface area contributed by atoms with Crippen LogP contribution in [0.1, 0.15) is 27.2 Å². The van der Waals surface area contributed by atoms with Crippen LogP contribution in [0.15, 0.2) is 48.5 Å². The van der Waals surface area contributed by atoms with E-state index in [2.05, 4.69) is 16.5 Å². The van der Waals surface area contributed by atoms with Crippen molar-refractivity contribution in [3.8, 4) is 5.69 Å². The zero-order valence-electron chi connectivity index (χ0n) is 14.7. The van der Waals surface area contributed by atoms with Gasteiger partial charge in [-0.05, 0) is 50.1 Å². The van der Waals surface area contributed by atoms with Crippen LogP contribution < -0.4 is 5.32 Å². The van der Waals surface area contributed by atoms with E-state index < -0.39 is 10.8 Å². The number of carbonyl (C=O) groups is 1. The predicted octanol–water partition coefficient (Wildman–Crippen LogP) is 3.96. The van der Waals surface area contributed by atoms with Crippen LogP contribution in [0.5, 0.6) is 0 Å². The summed E-state index contributed by atoms with van der Waals surface area (Å²) in [5, 5.41) is 18.1. The average molecular weight is 350 g/mol. The summed E-state index contributed by atoms with van der Waals surface area (Å²) >= 11 is 0. The summed E-state index contributed by atoms with van der Waals surface area (Å²) in [5.74, 6) is 0.0724. The van der Waals surface area contributed by atoms with Crippen molar-refractivity contribution < 1.29 is 9.72 Å². The zero-order valence-corrected chi connectivity index (χ0v) is 14.7. The van der Waals surface area contributed by atoms with E-state index in [1.165, 1.54) is 24.3 Å². The number of benzene rings is 2. The summed E-state index contributed by atoms with van der Waals surface area (Å²) < 4.78 is 1.66. The van der Waals surface area contributed by atoms with Crippen LogP contribution in [0.25, 0.3) is 5.69 Å². The maximum atomic E-state index is 12.5. The van der Waals surface area contributed by atoms with Gasteiger partial charge in [-0.1, -0.05) is 12.1 Å².